The highest BCUT2D eigenvalue weighted by atomic mass is 35.5. The zero-order valence-corrected chi connectivity index (χ0v) is 11.5. The second-order valence-electron chi connectivity index (χ2n) is 4.72. The van der Waals surface area contributed by atoms with Crippen LogP contribution in [0.4, 0.5) is 13.2 Å². The van der Waals surface area contributed by atoms with E-state index >= 15 is 0 Å². The van der Waals surface area contributed by atoms with Gasteiger partial charge in [0.05, 0.1) is 5.56 Å². The molecule has 3 rings (SSSR count). The molecule has 2 aliphatic rings. The van der Waals surface area contributed by atoms with Gasteiger partial charge in [-0.3, -0.25) is 0 Å². The number of hydrogen-bond acceptors (Lipinski definition) is 0. The minimum Gasteiger partial charge on any atom is -0.166 e. The van der Waals surface area contributed by atoms with E-state index in [9.17, 15) is 13.2 Å². The molecule has 0 fully saturated rings. The molecule has 0 unspecified atom stereocenters. The van der Waals surface area contributed by atoms with Crippen LogP contribution < -0.4 is 0 Å². The maximum absolute atomic E-state index is 12.8. The molecule has 0 aromatic heterocycles. The van der Waals surface area contributed by atoms with Crippen LogP contribution in [0.25, 0.3) is 22.3 Å². The van der Waals surface area contributed by atoms with Gasteiger partial charge in [0.15, 0.2) is 0 Å². The van der Waals surface area contributed by atoms with E-state index < -0.39 is 11.7 Å². The van der Waals surface area contributed by atoms with Gasteiger partial charge in [0.1, 0.15) is 0 Å². The van der Waals surface area contributed by atoms with E-state index in [1.54, 1.807) is 12.1 Å². The third-order valence-corrected chi connectivity index (χ3v) is 3.67. The van der Waals surface area contributed by atoms with Gasteiger partial charge in [0.2, 0.25) is 0 Å². The highest BCUT2D eigenvalue weighted by molar-refractivity contribution is 6.34. The van der Waals surface area contributed by atoms with Gasteiger partial charge in [0, 0.05) is 10.6 Å². The second kappa shape index (κ2) is 5.08. The van der Waals surface area contributed by atoms with Crippen molar-refractivity contribution in [2.24, 2.45) is 0 Å². The summed E-state index contributed by atoms with van der Waals surface area (Å²) in [5.74, 6) is 0. The predicted molar refractivity (Wildman–Crippen MR) is 78.5 cm³/mol. The highest BCUT2D eigenvalue weighted by Gasteiger charge is 2.30. The monoisotopic (exact) mass is 306 g/mol. The van der Waals surface area contributed by atoms with E-state index in [2.05, 4.69) is 0 Å². The Bertz CT molecular complexity index is 762. The van der Waals surface area contributed by atoms with Crippen LogP contribution in [0.5, 0.6) is 0 Å². The average molecular weight is 307 g/mol. The van der Waals surface area contributed by atoms with Crippen LogP contribution in [-0.2, 0) is 6.18 Å². The predicted octanol–water partition coefficient (Wildman–Crippen LogP) is 6.13. The molecule has 0 N–H and O–H groups in total. The Balaban J connectivity index is 2.19. The number of hydrogen-bond donors (Lipinski definition) is 0. The number of rotatable bonds is 1. The number of alkyl halides is 3. The van der Waals surface area contributed by atoms with Crippen molar-refractivity contribution < 1.29 is 13.2 Å². The molecule has 106 valence electrons. The second-order valence-corrected chi connectivity index (χ2v) is 5.13. The zero-order valence-electron chi connectivity index (χ0n) is 10.8. The summed E-state index contributed by atoms with van der Waals surface area (Å²) in [4.78, 5) is 0. The van der Waals surface area contributed by atoms with Gasteiger partial charge < -0.3 is 0 Å². The van der Waals surface area contributed by atoms with Crippen LogP contribution in [0.1, 0.15) is 5.56 Å². The van der Waals surface area contributed by atoms with Crippen LogP contribution in [0.15, 0.2) is 60.7 Å². The minimum atomic E-state index is -4.35. The van der Waals surface area contributed by atoms with Gasteiger partial charge in [-0.1, -0.05) is 54.1 Å². The van der Waals surface area contributed by atoms with Gasteiger partial charge in [-0.2, -0.15) is 13.2 Å². The Labute approximate surface area is 125 Å². The molecule has 0 nitrogen and oxygen atoms in total. The molecule has 0 spiro atoms. The van der Waals surface area contributed by atoms with Crippen molar-refractivity contribution in [2.45, 2.75) is 6.18 Å². The topological polar surface area (TPSA) is 0 Å². The van der Waals surface area contributed by atoms with Crippen LogP contribution in [0.3, 0.4) is 0 Å². The lowest BCUT2D eigenvalue weighted by Gasteiger charge is -2.09. The summed E-state index contributed by atoms with van der Waals surface area (Å²) in [6, 6.07) is 16.3. The maximum atomic E-state index is 12.8. The summed E-state index contributed by atoms with van der Waals surface area (Å²) >= 11 is 6.19. The standard InChI is InChI=1S/C17H10ClF3/c18-16-10-15(13-7-2-1-3-8-14(13)16)11-5-4-6-12(9-11)17(19,20)21/h1-10H. The third kappa shape index (κ3) is 2.61. The van der Waals surface area contributed by atoms with Crippen molar-refractivity contribution in [3.8, 4) is 22.3 Å². The highest BCUT2D eigenvalue weighted by Crippen LogP contribution is 2.42. The first kappa shape index (κ1) is 14.0. The van der Waals surface area contributed by atoms with E-state index in [1.165, 1.54) is 6.07 Å². The smallest absolute Gasteiger partial charge is 0.166 e. The molecule has 0 aliphatic heterocycles. The Morgan fingerprint density at radius 2 is 1.43 bits per heavy atom. The molecule has 0 atom stereocenters. The Morgan fingerprint density at radius 3 is 2.14 bits per heavy atom. The zero-order chi connectivity index (χ0) is 15.0. The largest absolute Gasteiger partial charge is 0.416 e. The first-order valence-corrected chi connectivity index (χ1v) is 6.69. The van der Waals surface area contributed by atoms with Crippen LogP contribution in [0.2, 0.25) is 5.02 Å². The maximum Gasteiger partial charge on any atom is 0.416 e. The molecule has 1 aromatic rings. The van der Waals surface area contributed by atoms with Crippen LogP contribution in [-0.4, -0.2) is 0 Å². The Kier molecular flexibility index (Phi) is 3.38. The molecular formula is C17H10ClF3. The normalized spacial score (nSPS) is 11.8. The van der Waals surface area contributed by atoms with Crippen molar-refractivity contribution in [2.75, 3.05) is 0 Å². The molecule has 0 radical (unpaired) electrons. The van der Waals surface area contributed by atoms with Crippen molar-refractivity contribution in [3.05, 3.63) is 71.2 Å². The summed E-state index contributed by atoms with van der Waals surface area (Å²) in [5.41, 5.74) is 2.22. The average Bonchev–Trinajstić information content (AvgIpc) is 2.64. The fraction of sp³-hybridized carbons (Fsp3) is 0.0588. The quantitative estimate of drug-likeness (QED) is 0.507. The van der Waals surface area contributed by atoms with E-state index in [1.807, 2.05) is 30.3 Å². The molecule has 1 aromatic carbocycles. The molecule has 0 heterocycles. The molecule has 4 heteroatoms. The molecular weight excluding hydrogens is 297 g/mol. The van der Waals surface area contributed by atoms with Crippen molar-refractivity contribution >= 4 is 11.6 Å². The first-order valence-electron chi connectivity index (χ1n) is 6.32. The van der Waals surface area contributed by atoms with E-state index in [-0.39, 0.29) is 0 Å². The van der Waals surface area contributed by atoms with Crippen molar-refractivity contribution in [3.63, 3.8) is 0 Å². The number of halogens is 4. The van der Waals surface area contributed by atoms with Gasteiger partial charge in [0.25, 0.3) is 0 Å². The lowest BCUT2D eigenvalue weighted by Crippen LogP contribution is -2.04. The van der Waals surface area contributed by atoms with Gasteiger partial charge in [-0.25, -0.2) is 0 Å². The van der Waals surface area contributed by atoms with E-state index in [4.69, 9.17) is 11.6 Å². The minimum absolute atomic E-state index is 0.507. The Morgan fingerprint density at radius 1 is 0.714 bits per heavy atom. The fourth-order valence-electron chi connectivity index (χ4n) is 2.37. The number of fused-ring (bicyclic) bond motifs is 1. The molecule has 0 saturated heterocycles. The third-order valence-electron chi connectivity index (χ3n) is 3.36. The van der Waals surface area contributed by atoms with Crippen LogP contribution >= 0.6 is 11.6 Å². The summed E-state index contributed by atoms with van der Waals surface area (Å²) in [5, 5.41) is 0.536. The Hall–Kier alpha value is -2.00. The molecule has 0 amide bonds. The molecule has 21 heavy (non-hydrogen) atoms. The lowest BCUT2D eigenvalue weighted by atomic mass is 10.0. The van der Waals surface area contributed by atoms with E-state index in [0.29, 0.717) is 16.1 Å². The summed E-state index contributed by atoms with van der Waals surface area (Å²) < 4.78 is 38.5. The van der Waals surface area contributed by atoms with Crippen LogP contribution in [0, 0.1) is 0 Å². The summed E-state index contributed by atoms with van der Waals surface area (Å²) in [6.45, 7) is 0. The molecule has 2 aliphatic carbocycles. The SMILES string of the molecule is FC(F)(F)c1cccc(-c2cc(Cl)c3cccccc2-3)c1. The van der Waals surface area contributed by atoms with Crippen molar-refractivity contribution in [1.29, 1.82) is 0 Å². The fourth-order valence-corrected chi connectivity index (χ4v) is 2.65. The lowest BCUT2D eigenvalue weighted by molar-refractivity contribution is -0.137. The number of benzene rings is 1. The summed E-state index contributed by atoms with van der Waals surface area (Å²) in [6.07, 6.45) is -4.35. The van der Waals surface area contributed by atoms with Gasteiger partial charge in [-0.05, 0) is 34.9 Å². The first-order chi connectivity index (χ1) is 9.97. The van der Waals surface area contributed by atoms with Crippen molar-refractivity contribution in [1.82, 2.24) is 0 Å². The molecule has 0 bridgehead atoms. The van der Waals surface area contributed by atoms with Gasteiger partial charge in [-0.15, -0.1) is 0 Å². The van der Waals surface area contributed by atoms with Gasteiger partial charge >= 0.3 is 6.18 Å². The summed E-state index contributed by atoms with van der Waals surface area (Å²) in [7, 11) is 0. The van der Waals surface area contributed by atoms with E-state index in [0.717, 1.165) is 23.3 Å². The molecule has 0 saturated carbocycles.